The molecular formula is MgO3Ti. The van der Waals surface area contributed by atoms with Crippen molar-refractivity contribution >= 4 is 23.1 Å². The van der Waals surface area contributed by atoms with E-state index in [9.17, 15) is 0 Å². The van der Waals surface area contributed by atoms with Gasteiger partial charge in [0.25, 0.3) is 0 Å². The van der Waals surface area contributed by atoms with E-state index < -0.39 is 0 Å². The molecule has 0 fully saturated rings. The predicted octanol–water partition coefficient (Wildman–Crippen LogP) is -0.740. The molecule has 0 aliphatic heterocycles. The fourth-order valence-electron chi connectivity index (χ4n) is 0. The molecule has 0 aliphatic rings. The first-order valence-corrected chi connectivity index (χ1v) is 0. The minimum atomic E-state index is 0. The van der Waals surface area contributed by atoms with E-state index in [2.05, 4.69) is 0 Å². The van der Waals surface area contributed by atoms with Crippen molar-refractivity contribution in [1.29, 1.82) is 0 Å². The van der Waals surface area contributed by atoms with Crippen LogP contribution in [0.1, 0.15) is 0 Å². The maximum atomic E-state index is 0. The first-order chi connectivity index (χ1) is 0. The van der Waals surface area contributed by atoms with E-state index in [0.717, 1.165) is 0 Å². The third-order valence-corrected chi connectivity index (χ3v) is 0. The van der Waals surface area contributed by atoms with Crippen LogP contribution in [-0.4, -0.2) is 23.1 Å². The summed E-state index contributed by atoms with van der Waals surface area (Å²) < 4.78 is 0. The number of hydrogen-bond donors (Lipinski definition) is 0. The van der Waals surface area contributed by atoms with Crippen LogP contribution in [0.5, 0.6) is 0 Å². The molecule has 0 spiro atoms. The Morgan fingerprint density at radius 2 is 0.600 bits per heavy atom. The summed E-state index contributed by atoms with van der Waals surface area (Å²) in [6.45, 7) is 0. The Kier molecular flexibility index (Phi) is 1090. The molecule has 0 heterocycles. The second-order valence-electron chi connectivity index (χ2n) is 0. The summed E-state index contributed by atoms with van der Waals surface area (Å²) in [6, 6.07) is 0. The van der Waals surface area contributed by atoms with Gasteiger partial charge < -0.3 is 16.4 Å². The third kappa shape index (κ3) is 32.7. The molecule has 0 aromatic carbocycles. The van der Waals surface area contributed by atoms with Crippen molar-refractivity contribution in [1.82, 2.24) is 0 Å². The van der Waals surface area contributed by atoms with Gasteiger partial charge in [-0.15, -0.1) is 0 Å². The zero-order valence-corrected chi connectivity index (χ0v) is 5.41. The second-order valence-corrected chi connectivity index (χ2v) is 0. The molecule has 0 N–H and O–H groups in total. The zero-order chi connectivity index (χ0) is 0. The van der Waals surface area contributed by atoms with E-state index >= 15 is 0 Å². The van der Waals surface area contributed by atoms with Crippen molar-refractivity contribution < 1.29 is 38.1 Å². The van der Waals surface area contributed by atoms with E-state index in [1.165, 1.54) is 0 Å². The van der Waals surface area contributed by atoms with Crippen LogP contribution in [-0.2, 0) is 38.1 Å². The molecule has 0 amide bonds. The van der Waals surface area contributed by atoms with Crippen molar-refractivity contribution in [3.8, 4) is 0 Å². The van der Waals surface area contributed by atoms with Crippen LogP contribution in [0.3, 0.4) is 0 Å². The quantitative estimate of drug-likeness (QED) is 0.377. The van der Waals surface area contributed by atoms with Crippen LogP contribution in [0.25, 0.3) is 0 Å². The first kappa shape index (κ1) is 98.7. The Morgan fingerprint density at radius 1 is 0.600 bits per heavy atom. The molecule has 0 aromatic heterocycles. The van der Waals surface area contributed by atoms with E-state index in [-0.39, 0.29) is 61.2 Å². The molecule has 0 aromatic rings. The maximum absolute atomic E-state index is 0. The molecule has 0 aliphatic carbocycles. The summed E-state index contributed by atoms with van der Waals surface area (Å²) in [5.74, 6) is 0. The van der Waals surface area contributed by atoms with Crippen molar-refractivity contribution in [2.24, 2.45) is 0 Å². The summed E-state index contributed by atoms with van der Waals surface area (Å²) in [4.78, 5) is 0. The van der Waals surface area contributed by atoms with Crippen LogP contribution >= 0.6 is 0 Å². The van der Waals surface area contributed by atoms with Gasteiger partial charge in [-0.1, -0.05) is 0 Å². The molecule has 0 atom stereocenters. The van der Waals surface area contributed by atoms with E-state index in [1.54, 1.807) is 0 Å². The van der Waals surface area contributed by atoms with Gasteiger partial charge in [-0.3, -0.25) is 0 Å². The summed E-state index contributed by atoms with van der Waals surface area (Å²) >= 11 is 0. The van der Waals surface area contributed by atoms with Gasteiger partial charge in [0.15, 0.2) is 0 Å². The SMILES string of the molecule is [Mg+2].[O-2].[O-2].[O-2].[Ti+4]. The van der Waals surface area contributed by atoms with Crippen LogP contribution < -0.4 is 0 Å². The van der Waals surface area contributed by atoms with Crippen LogP contribution in [0.2, 0.25) is 0 Å². The van der Waals surface area contributed by atoms with Crippen molar-refractivity contribution in [2.75, 3.05) is 0 Å². The number of hydrogen-bond acceptors (Lipinski definition) is 0. The average Bonchev–Trinajstić information content (AvgIpc) is 0. The smallest absolute Gasteiger partial charge is 2.00 e. The molecule has 0 saturated heterocycles. The Morgan fingerprint density at radius 3 is 0.600 bits per heavy atom. The fourth-order valence-corrected chi connectivity index (χ4v) is 0. The van der Waals surface area contributed by atoms with Crippen molar-refractivity contribution in [3.05, 3.63) is 0 Å². The molecule has 0 radical (unpaired) electrons. The Hall–Kier alpha value is 1.36. The van der Waals surface area contributed by atoms with Gasteiger partial charge >= 0.3 is 44.8 Å². The van der Waals surface area contributed by atoms with Crippen LogP contribution in [0.4, 0.5) is 0 Å². The van der Waals surface area contributed by atoms with Crippen molar-refractivity contribution in [3.63, 3.8) is 0 Å². The van der Waals surface area contributed by atoms with Gasteiger partial charge in [0, 0.05) is 0 Å². The largest absolute Gasteiger partial charge is 4.00 e. The predicted molar refractivity (Wildman–Crippen MR) is 7.81 cm³/mol. The third-order valence-electron chi connectivity index (χ3n) is 0. The van der Waals surface area contributed by atoms with Gasteiger partial charge in [0.05, 0.1) is 0 Å². The normalized spacial score (nSPS) is 0. The van der Waals surface area contributed by atoms with E-state index in [1.807, 2.05) is 0 Å². The zero-order valence-electron chi connectivity index (χ0n) is 2.43. The van der Waals surface area contributed by atoms with E-state index in [4.69, 9.17) is 0 Å². The molecule has 0 saturated carbocycles. The van der Waals surface area contributed by atoms with Crippen molar-refractivity contribution in [2.45, 2.75) is 0 Å². The van der Waals surface area contributed by atoms with Gasteiger partial charge in [-0.25, -0.2) is 0 Å². The summed E-state index contributed by atoms with van der Waals surface area (Å²) in [5.41, 5.74) is 0. The topological polar surface area (TPSA) is 85.5 Å². The molecule has 0 bridgehead atoms. The Bertz CT molecular complexity index is 6.85. The van der Waals surface area contributed by atoms with Gasteiger partial charge in [0.2, 0.25) is 0 Å². The summed E-state index contributed by atoms with van der Waals surface area (Å²) in [5, 5.41) is 0. The molecule has 5 heteroatoms. The minimum absolute atomic E-state index is 0. The van der Waals surface area contributed by atoms with Gasteiger partial charge in [0.1, 0.15) is 0 Å². The Labute approximate surface area is 61.1 Å². The van der Waals surface area contributed by atoms with Crippen LogP contribution in [0, 0.1) is 0 Å². The standard InChI is InChI=1S/Mg.3O.Ti/q+2;3*-2;+4. The number of rotatable bonds is 0. The molecule has 24 valence electrons. The molecule has 0 rings (SSSR count). The molecule has 5 heavy (non-hydrogen) atoms. The summed E-state index contributed by atoms with van der Waals surface area (Å²) in [6.07, 6.45) is 0. The molecule has 3 nitrogen and oxygen atoms in total. The fraction of sp³-hybridized carbons (Fsp3) is 0. The van der Waals surface area contributed by atoms with Crippen LogP contribution in [0.15, 0.2) is 0 Å². The molecule has 0 unspecified atom stereocenters. The van der Waals surface area contributed by atoms with Gasteiger partial charge in [-0.05, 0) is 0 Å². The van der Waals surface area contributed by atoms with E-state index in [0.29, 0.717) is 0 Å². The molecular weight excluding hydrogens is 120 g/mol. The summed E-state index contributed by atoms with van der Waals surface area (Å²) in [7, 11) is 0. The maximum Gasteiger partial charge on any atom is 4.00 e. The second kappa shape index (κ2) is 55.1. The monoisotopic (exact) mass is 120 g/mol. The van der Waals surface area contributed by atoms with Gasteiger partial charge in [-0.2, -0.15) is 0 Å². The minimum Gasteiger partial charge on any atom is -2.00 e. The first-order valence-electron chi connectivity index (χ1n) is 0. The Balaban J connectivity index is 0. The average molecular weight is 120 g/mol.